The van der Waals surface area contributed by atoms with Crippen molar-refractivity contribution < 1.29 is 24.2 Å². The molecule has 4 aromatic rings. The summed E-state index contributed by atoms with van der Waals surface area (Å²) in [5.74, 6) is 0. The zero-order chi connectivity index (χ0) is 16.8. The molecule has 0 N–H and O–H groups in total. The van der Waals surface area contributed by atoms with Crippen LogP contribution in [0.3, 0.4) is 0 Å². The van der Waals surface area contributed by atoms with Crippen molar-refractivity contribution in [1.82, 2.24) is 0 Å². The van der Waals surface area contributed by atoms with E-state index in [1.165, 1.54) is 14.0 Å². The van der Waals surface area contributed by atoms with Crippen LogP contribution in [0.15, 0.2) is 103 Å². The third-order valence-electron chi connectivity index (χ3n) is 2.66. The molecular formula is C22H25Cl2Zr-3. The molecule has 0 atom stereocenters. The Bertz CT molecular complexity index is 627. The molecule has 0 amide bonds. The van der Waals surface area contributed by atoms with E-state index in [1.54, 1.807) is 24.2 Å². The van der Waals surface area contributed by atoms with E-state index in [1.807, 2.05) is 60.7 Å². The van der Waals surface area contributed by atoms with E-state index in [0.29, 0.717) is 0 Å². The van der Waals surface area contributed by atoms with Crippen molar-refractivity contribution in [1.29, 1.82) is 0 Å². The van der Waals surface area contributed by atoms with Crippen molar-refractivity contribution in [2.45, 2.75) is 13.8 Å². The molecule has 4 rings (SSSR count). The topological polar surface area (TPSA) is 0 Å². The zero-order valence-corrected chi connectivity index (χ0v) is 18.7. The Balaban J connectivity index is 0. The van der Waals surface area contributed by atoms with E-state index in [2.05, 4.69) is 56.3 Å². The van der Waals surface area contributed by atoms with E-state index in [0.717, 1.165) is 0 Å². The normalized spacial score (nSPS) is 7.88. The van der Waals surface area contributed by atoms with Crippen LogP contribution in [-0.2, 0) is 24.2 Å². The fraction of sp³-hybridized carbons (Fsp3) is 0.0909. The molecule has 4 aromatic carbocycles. The van der Waals surface area contributed by atoms with Crippen molar-refractivity contribution in [3.05, 3.63) is 103 Å². The fourth-order valence-electron chi connectivity index (χ4n) is 1.71. The molecule has 0 aliphatic carbocycles. The molecule has 0 saturated heterocycles. The van der Waals surface area contributed by atoms with Crippen molar-refractivity contribution in [2.75, 3.05) is 0 Å². The Morgan fingerprint density at radius 3 is 1.48 bits per heavy atom. The number of rotatable bonds is 0. The molecule has 0 nitrogen and oxygen atoms in total. The first-order chi connectivity index (χ1) is 11.2. The van der Waals surface area contributed by atoms with Crippen LogP contribution < -0.4 is 0 Å². The van der Waals surface area contributed by atoms with Gasteiger partial charge < -0.3 is 0 Å². The third-order valence-corrected chi connectivity index (χ3v) is 2.66. The molecule has 0 bridgehead atoms. The van der Waals surface area contributed by atoms with Crippen LogP contribution in [0, 0.1) is 0 Å². The standard InChI is InChI=1S/C9H7.2C5H5.C3H6.2ClH.Zr/c1-2-5-9-7-3-6-8(9)4-1;2*1-2-4-5-3-1;1-3-2;;;/h1-7H;2*1-5H;1-2H3;2*1H;/q3*-1;;;;. The number of benzene rings is 1. The van der Waals surface area contributed by atoms with Gasteiger partial charge in [0, 0.05) is 0 Å². The molecule has 25 heavy (non-hydrogen) atoms. The smallest absolute Gasteiger partial charge is 0.0809 e. The molecule has 0 saturated carbocycles. The maximum atomic E-state index is 2.12. The van der Waals surface area contributed by atoms with Crippen LogP contribution in [-0.4, -0.2) is 3.21 Å². The quantitative estimate of drug-likeness (QED) is 0.254. The molecular weight excluding hydrogens is 426 g/mol. The van der Waals surface area contributed by atoms with Gasteiger partial charge in [-0.15, -0.1) is 54.5 Å². The first-order valence-electron chi connectivity index (χ1n) is 7.65. The second kappa shape index (κ2) is 17.7. The number of hydrogen-bond acceptors (Lipinski definition) is 0. The van der Waals surface area contributed by atoms with E-state index < -0.39 is 0 Å². The average Bonchev–Trinajstić information content (AvgIpc) is 3.31. The predicted octanol–water partition coefficient (Wildman–Crippen LogP) is 6.96. The van der Waals surface area contributed by atoms with Gasteiger partial charge in [0.2, 0.25) is 0 Å². The van der Waals surface area contributed by atoms with Gasteiger partial charge in [-0.25, -0.2) is 24.3 Å². The Kier molecular flexibility index (Phi) is 18.5. The molecule has 0 radical (unpaired) electrons. The van der Waals surface area contributed by atoms with Gasteiger partial charge in [0.05, 0.1) is 0 Å². The van der Waals surface area contributed by atoms with Gasteiger partial charge >= 0.3 is 41.3 Å². The predicted molar refractivity (Wildman–Crippen MR) is 114 cm³/mol. The van der Waals surface area contributed by atoms with Crippen molar-refractivity contribution in [3.8, 4) is 0 Å². The Labute approximate surface area is 179 Å². The van der Waals surface area contributed by atoms with E-state index in [9.17, 15) is 0 Å². The first kappa shape index (κ1) is 26.1. The monoisotopic (exact) mass is 449 g/mol. The van der Waals surface area contributed by atoms with Gasteiger partial charge in [-0.05, 0) is 0 Å². The average molecular weight is 452 g/mol. The number of fused-ring (bicyclic) bond motifs is 1. The van der Waals surface area contributed by atoms with Crippen LogP contribution in [0.4, 0.5) is 0 Å². The Morgan fingerprint density at radius 1 is 0.680 bits per heavy atom. The van der Waals surface area contributed by atoms with Crippen LogP contribution >= 0.6 is 24.8 Å². The first-order valence-corrected chi connectivity index (χ1v) is 8.88. The molecule has 0 fully saturated rings. The molecule has 134 valence electrons. The SMILES string of the molecule is C[C](C)=[Zr].Cl.Cl.c1cc[cH-]c1.c1cc[cH-]c1.c1ccc2[cH-]ccc2c1. The largest absolute Gasteiger partial charge is 0.214 e. The number of halogens is 2. The summed E-state index contributed by atoms with van der Waals surface area (Å²) in [6.45, 7) is 4.25. The maximum Gasteiger partial charge on any atom is -0.0809 e. The number of hydrogen-bond donors (Lipinski definition) is 0. The summed E-state index contributed by atoms with van der Waals surface area (Å²) in [6, 6.07) is 34.7. The summed E-state index contributed by atoms with van der Waals surface area (Å²) < 4.78 is 1.51. The maximum absolute atomic E-state index is 2.12. The fourth-order valence-corrected chi connectivity index (χ4v) is 1.71. The summed E-state index contributed by atoms with van der Waals surface area (Å²) in [5, 5.41) is 2.66. The van der Waals surface area contributed by atoms with E-state index in [4.69, 9.17) is 0 Å². The Morgan fingerprint density at radius 2 is 1.12 bits per heavy atom. The van der Waals surface area contributed by atoms with Gasteiger partial charge in [0.25, 0.3) is 0 Å². The minimum absolute atomic E-state index is 0. The second-order valence-corrected chi connectivity index (χ2v) is 7.54. The third kappa shape index (κ3) is 14.9. The summed E-state index contributed by atoms with van der Waals surface area (Å²) >= 11 is 1.55. The van der Waals surface area contributed by atoms with Crippen LogP contribution in [0.2, 0.25) is 0 Å². The summed E-state index contributed by atoms with van der Waals surface area (Å²) in [5.41, 5.74) is 0. The van der Waals surface area contributed by atoms with E-state index in [-0.39, 0.29) is 24.8 Å². The molecule has 3 heteroatoms. The van der Waals surface area contributed by atoms with Crippen molar-refractivity contribution in [2.24, 2.45) is 0 Å². The summed E-state index contributed by atoms with van der Waals surface area (Å²) in [4.78, 5) is 0. The van der Waals surface area contributed by atoms with Gasteiger partial charge in [-0.3, -0.25) is 0 Å². The minimum Gasteiger partial charge on any atom is -0.214 e. The van der Waals surface area contributed by atoms with Gasteiger partial charge in [0.1, 0.15) is 0 Å². The summed E-state index contributed by atoms with van der Waals surface area (Å²) in [7, 11) is 0. The van der Waals surface area contributed by atoms with Gasteiger partial charge in [-0.2, -0.15) is 53.9 Å². The van der Waals surface area contributed by atoms with E-state index >= 15 is 0 Å². The molecule has 0 aromatic heterocycles. The second-order valence-electron chi connectivity index (χ2n) is 5.08. The molecule has 0 spiro atoms. The molecule has 0 aliphatic heterocycles. The zero-order valence-electron chi connectivity index (χ0n) is 14.6. The Hall–Kier alpha value is -1.14. The minimum atomic E-state index is 0. The summed E-state index contributed by atoms with van der Waals surface area (Å²) in [6.07, 6.45) is 0. The molecule has 0 unspecified atom stereocenters. The van der Waals surface area contributed by atoms with Crippen LogP contribution in [0.1, 0.15) is 13.8 Å². The molecule has 0 aliphatic rings. The van der Waals surface area contributed by atoms with Crippen molar-refractivity contribution in [3.63, 3.8) is 0 Å². The van der Waals surface area contributed by atoms with Gasteiger partial charge in [-0.1, -0.05) is 6.07 Å². The van der Waals surface area contributed by atoms with Crippen LogP contribution in [0.5, 0.6) is 0 Å². The van der Waals surface area contributed by atoms with Crippen LogP contribution in [0.25, 0.3) is 10.8 Å². The van der Waals surface area contributed by atoms with Gasteiger partial charge in [0.15, 0.2) is 0 Å². The molecule has 0 heterocycles. The van der Waals surface area contributed by atoms with Crippen molar-refractivity contribution >= 4 is 38.8 Å².